The number of carbonyl (C=O) groups is 7. The third-order valence-corrected chi connectivity index (χ3v) is 16.5. The lowest BCUT2D eigenvalue weighted by Crippen LogP contribution is -2.41. The van der Waals surface area contributed by atoms with Gasteiger partial charge < -0.3 is 51.3 Å². The molecule has 470 valence electrons. The maximum atomic E-state index is 14.9. The van der Waals surface area contributed by atoms with Gasteiger partial charge in [-0.2, -0.15) is 0 Å². The Balaban J connectivity index is 0.000000260. The van der Waals surface area contributed by atoms with Crippen LogP contribution < -0.4 is 38.2 Å². The number of hydrogen-bond donors (Lipinski definition) is 4. The molecular formula is C64H80BBr3F2N6O11. The Kier molecular flexibility index (Phi) is 28.9. The Bertz CT molecular complexity index is 3130. The largest absolute Gasteiger partial charge is 0.497 e. The van der Waals surface area contributed by atoms with Crippen LogP contribution in [0.3, 0.4) is 0 Å². The van der Waals surface area contributed by atoms with E-state index in [-0.39, 0.29) is 64.2 Å². The number of benzene rings is 5. The van der Waals surface area contributed by atoms with Gasteiger partial charge in [0.1, 0.15) is 35.4 Å². The number of rotatable bonds is 20. The number of anilines is 2. The van der Waals surface area contributed by atoms with Crippen LogP contribution in [0.15, 0.2) is 118 Å². The summed E-state index contributed by atoms with van der Waals surface area (Å²) in [6, 6.07) is 33.0. The minimum Gasteiger partial charge on any atom is -0.444 e. The number of primary amides is 3. The second-order valence-electron chi connectivity index (χ2n) is 22.6. The molecule has 5 aromatic carbocycles. The van der Waals surface area contributed by atoms with Gasteiger partial charge in [-0.05, 0) is 163 Å². The second kappa shape index (κ2) is 34.4. The van der Waals surface area contributed by atoms with E-state index < -0.39 is 42.1 Å². The molecule has 3 aliphatic rings. The number of alkyl halides is 1. The van der Waals surface area contributed by atoms with Crippen molar-refractivity contribution in [3.05, 3.63) is 146 Å². The molecule has 17 nitrogen and oxygen atoms in total. The van der Waals surface area contributed by atoms with Crippen molar-refractivity contribution in [3.8, 4) is 11.1 Å². The van der Waals surface area contributed by atoms with Gasteiger partial charge >= 0.3 is 19.3 Å². The monoisotopic (exact) mass is 1390 g/mol. The van der Waals surface area contributed by atoms with Gasteiger partial charge in [-0.15, -0.1) is 0 Å². The third kappa shape index (κ3) is 23.6. The molecule has 8 rings (SSSR count). The van der Waals surface area contributed by atoms with Gasteiger partial charge in [0.2, 0.25) is 17.7 Å². The third-order valence-electron chi connectivity index (χ3n) is 14.9. The number of ether oxygens (including phenoxy) is 2. The fraction of sp³-hybridized carbons (Fsp3) is 0.422. The van der Waals surface area contributed by atoms with E-state index in [0.29, 0.717) is 80.9 Å². The number of nitrogens with two attached hydrogens (primary N) is 4. The van der Waals surface area contributed by atoms with E-state index in [1.165, 1.54) is 46.9 Å². The maximum Gasteiger partial charge on any atom is 0.497 e. The fourth-order valence-corrected chi connectivity index (χ4v) is 9.37. The number of cyclic esters (lactones) is 2. The summed E-state index contributed by atoms with van der Waals surface area (Å²) in [6.07, 6.45) is 2.07. The molecule has 0 bridgehead atoms. The first-order valence-electron chi connectivity index (χ1n) is 28.5. The highest BCUT2D eigenvalue weighted by Crippen LogP contribution is 2.37. The Morgan fingerprint density at radius 1 is 0.586 bits per heavy atom. The van der Waals surface area contributed by atoms with Gasteiger partial charge in [-0.3, -0.25) is 24.2 Å². The normalized spacial score (nSPS) is 17.3. The number of nitrogens with zero attached hydrogens (tertiary/aromatic N) is 2. The van der Waals surface area contributed by atoms with Gasteiger partial charge in [0.25, 0.3) is 0 Å². The molecule has 0 aromatic heterocycles. The van der Waals surface area contributed by atoms with Crippen LogP contribution in [0.2, 0.25) is 0 Å². The molecule has 3 heterocycles. The van der Waals surface area contributed by atoms with Crippen LogP contribution in [-0.2, 0) is 42.8 Å². The highest BCUT2D eigenvalue weighted by atomic mass is 79.9. The molecule has 3 fully saturated rings. The summed E-state index contributed by atoms with van der Waals surface area (Å²) in [5.41, 5.74) is 25.2. The van der Waals surface area contributed by atoms with Crippen molar-refractivity contribution in [2.45, 2.75) is 155 Å². The second-order valence-corrected chi connectivity index (χ2v) is 25.0. The summed E-state index contributed by atoms with van der Waals surface area (Å²) in [7, 11) is -0.808. The molecule has 0 spiro atoms. The average molecular weight is 1400 g/mol. The van der Waals surface area contributed by atoms with Crippen molar-refractivity contribution in [1.29, 1.82) is 0 Å². The van der Waals surface area contributed by atoms with Gasteiger partial charge in [0.05, 0.1) is 41.0 Å². The highest BCUT2D eigenvalue weighted by molar-refractivity contribution is 9.10. The number of amides is 5. The quantitative estimate of drug-likeness (QED) is 0.0419. The minimum atomic E-state index is -0.808. The van der Waals surface area contributed by atoms with E-state index >= 15 is 0 Å². The van der Waals surface area contributed by atoms with Crippen LogP contribution in [0.4, 0.5) is 29.7 Å². The number of halogens is 5. The molecular weight excluding hydrogens is 1320 g/mol. The molecule has 5 amide bonds. The SMILES string of the molecule is CC(=O)CC[C@H]1CN(c2ccc(-c3ccc(C(C)CCC(N)=O)cc3)c(F)c2)C(=O)O1.CC(=O)CC[C@H]1CN(c2ccc(B3OC(C)(C)C(C)(C)O3)c(F)c2)C(=O)O1.CC(CCC(N)=O)c1ccc(Br)cc1.CC(N)c1ccc(Br)cc1.NC(=O)CBr. The summed E-state index contributed by atoms with van der Waals surface area (Å²) < 4.78 is 54.1. The first-order valence-corrected chi connectivity index (χ1v) is 31.2. The Labute approximate surface area is 534 Å². The first-order chi connectivity index (χ1) is 40.8. The van der Waals surface area contributed by atoms with Crippen molar-refractivity contribution >= 4 is 113 Å². The summed E-state index contributed by atoms with van der Waals surface area (Å²) in [5, 5.41) is 0.257. The van der Waals surface area contributed by atoms with E-state index in [4.69, 9.17) is 36.0 Å². The average Bonchev–Trinajstić information content (AvgIpc) is 1.89. The predicted octanol–water partition coefficient (Wildman–Crippen LogP) is 12.5. The molecule has 3 unspecified atom stereocenters. The van der Waals surface area contributed by atoms with Crippen LogP contribution in [0.25, 0.3) is 11.1 Å². The molecule has 0 saturated carbocycles. The zero-order valence-corrected chi connectivity index (χ0v) is 55.5. The first kappa shape index (κ1) is 73.1. The topological polar surface area (TPSA) is 267 Å². The van der Waals surface area contributed by atoms with Gasteiger partial charge in [0, 0.05) is 51.7 Å². The zero-order valence-electron chi connectivity index (χ0n) is 50.7. The van der Waals surface area contributed by atoms with E-state index in [2.05, 4.69) is 72.6 Å². The molecule has 0 radical (unpaired) electrons. The Morgan fingerprint density at radius 3 is 1.32 bits per heavy atom. The van der Waals surface area contributed by atoms with Crippen LogP contribution in [0.5, 0.6) is 0 Å². The summed E-state index contributed by atoms with van der Waals surface area (Å²) >= 11 is 9.58. The number of ketones is 2. The van der Waals surface area contributed by atoms with Gasteiger partial charge in [-0.1, -0.05) is 116 Å². The molecule has 8 N–H and O–H groups in total. The zero-order chi connectivity index (χ0) is 64.9. The Hall–Kier alpha value is -6.37. The number of carbonyl (C=O) groups excluding carboxylic acids is 7. The van der Waals surface area contributed by atoms with E-state index in [9.17, 15) is 42.3 Å². The van der Waals surface area contributed by atoms with Crippen molar-refractivity contribution < 1.29 is 61.1 Å². The maximum absolute atomic E-state index is 14.9. The highest BCUT2D eigenvalue weighted by Gasteiger charge is 2.52. The number of hydrogen-bond acceptors (Lipinski definition) is 12. The molecule has 87 heavy (non-hydrogen) atoms. The smallest absolute Gasteiger partial charge is 0.444 e. The van der Waals surface area contributed by atoms with E-state index in [1.54, 1.807) is 24.3 Å². The lowest BCUT2D eigenvalue weighted by molar-refractivity contribution is -0.119. The lowest BCUT2D eigenvalue weighted by atomic mass is 9.78. The van der Waals surface area contributed by atoms with Crippen LogP contribution in [-0.4, -0.2) is 90.4 Å². The molecule has 3 aliphatic heterocycles. The van der Waals surface area contributed by atoms with Gasteiger partial charge in [0.15, 0.2) is 0 Å². The standard InChI is InChI=1S/C24H27FN2O4.C19H25BFNO5.C11H14BrNO.C8H10BrN.C2H4BrNO/c1-15(3-12-23(26)29)17-5-7-18(8-6-17)21-11-9-19(13-22(21)25)27-14-20(31-24(27)30)10-4-16(2)28;1-12(23)6-8-14-11-22(17(24)25-14)13-7-9-15(16(21)10-13)20-26-18(2,3)19(4,5)27-20;1-8(2-7-11(13)14)9-3-5-10(12)6-4-9;1-6(10)7-2-4-8(9)5-3-7;3-1-2(4)5/h5-9,11,13,15,20H,3-4,10,12,14H2,1-2H3,(H2,26,29);7,9-10,14H,6,8,11H2,1-5H3;3-6,8H,2,7H2,1H3,(H2,13,14);2-6H,10H2,1H3;1H2,(H2,4,5)/t15?,20-;14-;;;/m00.../s1. The Morgan fingerprint density at radius 2 is 0.966 bits per heavy atom. The summed E-state index contributed by atoms with van der Waals surface area (Å²) in [5.74, 6) is -1.18. The summed E-state index contributed by atoms with van der Waals surface area (Å²) in [6.45, 7) is 17.3. The molecule has 5 atom stereocenters. The molecule has 5 aromatic rings. The van der Waals surface area contributed by atoms with Crippen molar-refractivity contribution in [2.24, 2.45) is 22.9 Å². The van der Waals surface area contributed by atoms with E-state index in [1.807, 2.05) is 102 Å². The minimum absolute atomic E-state index is 0.0400. The molecule has 3 saturated heterocycles. The van der Waals surface area contributed by atoms with Gasteiger partial charge in [-0.25, -0.2) is 18.4 Å². The number of Topliss-reactive ketones (excluding diaryl/α,β-unsaturated/α-hetero) is 2. The molecule has 0 aliphatic carbocycles. The van der Waals surface area contributed by atoms with Crippen LogP contribution in [0.1, 0.15) is 148 Å². The fourth-order valence-electron chi connectivity index (χ4n) is 8.84. The predicted molar refractivity (Wildman–Crippen MR) is 347 cm³/mol. The van der Waals surface area contributed by atoms with E-state index in [0.717, 1.165) is 26.5 Å². The lowest BCUT2D eigenvalue weighted by Gasteiger charge is -2.32. The van der Waals surface area contributed by atoms with Crippen LogP contribution in [0, 0.1) is 11.6 Å². The molecule has 23 heteroatoms. The van der Waals surface area contributed by atoms with Crippen LogP contribution >= 0.6 is 47.8 Å². The van der Waals surface area contributed by atoms with Crippen molar-refractivity contribution in [3.63, 3.8) is 0 Å². The summed E-state index contributed by atoms with van der Waals surface area (Å²) in [4.78, 5) is 80.4. The van der Waals surface area contributed by atoms with Crippen molar-refractivity contribution in [1.82, 2.24) is 0 Å². The van der Waals surface area contributed by atoms with Crippen molar-refractivity contribution in [2.75, 3.05) is 28.2 Å².